The molecule has 1 heterocycles. The van der Waals surface area contributed by atoms with Crippen molar-refractivity contribution in [3.8, 4) is 0 Å². The highest BCUT2D eigenvalue weighted by molar-refractivity contribution is 7.47. The molecule has 1 unspecified atom stereocenters. The van der Waals surface area contributed by atoms with E-state index in [1.807, 2.05) is 0 Å². The molecule has 82 valence electrons. The molecule has 1 saturated heterocycles. The molecule has 0 aromatic heterocycles. The fourth-order valence-corrected chi connectivity index (χ4v) is 2.88. The Bertz CT molecular complexity index is 272. The minimum Gasteiger partial charge on any atom is -0.379 e. The van der Waals surface area contributed by atoms with Crippen LogP contribution in [0.25, 0.3) is 0 Å². The molecule has 1 aliphatic heterocycles. The van der Waals surface area contributed by atoms with Crippen molar-refractivity contribution in [2.75, 3.05) is 39.0 Å². The zero-order valence-electron chi connectivity index (χ0n) is 8.98. The Kier molecular flexibility index (Phi) is 4.59. The summed E-state index contributed by atoms with van der Waals surface area (Å²) in [5, 5.41) is 1.48. The summed E-state index contributed by atoms with van der Waals surface area (Å²) in [7, 11) is 0.946. The first kappa shape index (κ1) is 11.1. The van der Waals surface area contributed by atoms with E-state index in [2.05, 4.69) is 35.2 Å². The number of ether oxygens (including phenoxy) is 1. The van der Waals surface area contributed by atoms with E-state index in [1.54, 1.807) is 0 Å². The quantitative estimate of drug-likeness (QED) is 0.714. The second kappa shape index (κ2) is 6.22. The zero-order chi connectivity index (χ0) is 10.3. The van der Waals surface area contributed by atoms with E-state index in [9.17, 15) is 0 Å². The molecular formula is C12H18NOP. The molecule has 1 aromatic carbocycles. The van der Waals surface area contributed by atoms with Crippen molar-refractivity contribution < 1.29 is 4.74 Å². The summed E-state index contributed by atoms with van der Waals surface area (Å²) >= 11 is 0. The Labute approximate surface area is 93.4 Å². The fourth-order valence-electron chi connectivity index (χ4n) is 1.74. The van der Waals surface area contributed by atoms with Crippen molar-refractivity contribution in [3.63, 3.8) is 0 Å². The van der Waals surface area contributed by atoms with Crippen LogP contribution in [0.5, 0.6) is 0 Å². The highest BCUT2D eigenvalue weighted by Gasteiger charge is 2.08. The summed E-state index contributed by atoms with van der Waals surface area (Å²) in [6.45, 7) is 5.26. The van der Waals surface area contributed by atoms with Crippen LogP contribution in [0, 0.1) is 0 Å². The third-order valence-corrected chi connectivity index (χ3v) is 3.85. The molecule has 0 radical (unpaired) electrons. The SMILES string of the molecule is c1ccc(PCCN2CCOCC2)cc1. The summed E-state index contributed by atoms with van der Waals surface area (Å²) in [4.78, 5) is 2.50. The van der Waals surface area contributed by atoms with Crippen LogP contribution >= 0.6 is 8.58 Å². The van der Waals surface area contributed by atoms with Crippen molar-refractivity contribution in [2.24, 2.45) is 0 Å². The Balaban J connectivity index is 1.66. The molecule has 2 rings (SSSR count). The second-order valence-electron chi connectivity index (χ2n) is 3.75. The first-order valence-corrected chi connectivity index (χ1v) is 6.75. The number of morpholine rings is 1. The predicted molar refractivity (Wildman–Crippen MR) is 66.5 cm³/mol. The minimum absolute atomic E-state index is 0.911. The molecule has 1 fully saturated rings. The van der Waals surface area contributed by atoms with E-state index in [0.717, 1.165) is 34.9 Å². The lowest BCUT2D eigenvalue weighted by Crippen LogP contribution is -2.37. The monoisotopic (exact) mass is 223 g/mol. The van der Waals surface area contributed by atoms with Gasteiger partial charge >= 0.3 is 0 Å². The molecule has 15 heavy (non-hydrogen) atoms. The van der Waals surface area contributed by atoms with Gasteiger partial charge in [-0.2, -0.15) is 0 Å². The van der Waals surface area contributed by atoms with E-state index in [-0.39, 0.29) is 0 Å². The minimum atomic E-state index is 0.911. The van der Waals surface area contributed by atoms with Gasteiger partial charge in [-0.3, -0.25) is 4.90 Å². The Morgan fingerprint density at radius 3 is 2.60 bits per heavy atom. The Morgan fingerprint density at radius 1 is 1.13 bits per heavy atom. The van der Waals surface area contributed by atoms with E-state index < -0.39 is 0 Å². The molecule has 1 aliphatic rings. The van der Waals surface area contributed by atoms with Crippen molar-refractivity contribution in [1.82, 2.24) is 4.90 Å². The van der Waals surface area contributed by atoms with Crippen LogP contribution in [0.1, 0.15) is 0 Å². The van der Waals surface area contributed by atoms with Gasteiger partial charge < -0.3 is 4.74 Å². The normalized spacial score (nSPS) is 18.7. The number of hydrogen-bond donors (Lipinski definition) is 0. The van der Waals surface area contributed by atoms with Crippen LogP contribution in [-0.2, 0) is 4.74 Å². The maximum Gasteiger partial charge on any atom is 0.0594 e. The van der Waals surface area contributed by atoms with Crippen LogP contribution in [0.15, 0.2) is 30.3 Å². The molecule has 2 nitrogen and oxygen atoms in total. The van der Waals surface area contributed by atoms with E-state index in [1.165, 1.54) is 18.0 Å². The molecule has 0 aliphatic carbocycles. The van der Waals surface area contributed by atoms with Gasteiger partial charge in [0.05, 0.1) is 13.2 Å². The van der Waals surface area contributed by atoms with Gasteiger partial charge in [0, 0.05) is 19.6 Å². The van der Waals surface area contributed by atoms with Gasteiger partial charge in [0.15, 0.2) is 0 Å². The third kappa shape index (κ3) is 3.90. The van der Waals surface area contributed by atoms with Crippen LogP contribution in [0.3, 0.4) is 0 Å². The summed E-state index contributed by atoms with van der Waals surface area (Å²) in [5.74, 6) is 0. The van der Waals surface area contributed by atoms with Gasteiger partial charge in [-0.15, -0.1) is 0 Å². The van der Waals surface area contributed by atoms with E-state index in [4.69, 9.17) is 4.74 Å². The fraction of sp³-hybridized carbons (Fsp3) is 0.500. The molecule has 0 saturated carbocycles. The number of benzene rings is 1. The van der Waals surface area contributed by atoms with Gasteiger partial charge in [-0.1, -0.05) is 38.9 Å². The molecule has 1 aromatic rings. The molecule has 0 N–H and O–H groups in total. The molecule has 1 atom stereocenters. The second-order valence-corrected chi connectivity index (χ2v) is 5.18. The third-order valence-electron chi connectivity index (χ3n) is 2.63. The first-order valence-electron chi connectivity index (χ1n) is 5.54. The zero-order valence-corrected chi connectivity index (χ0v) is 9.98. The van der Waals surface area contributed by atoms with E-state index in [0.29, 0.717) is 0 Å². The lowest BCUT2D eigenvalue weighted by Gasteiger charge is -2.26. The highest BCUT2D eigenvalue weighted by Crippen LogP contribution is 2.10. The summed E-state index contributed by atoms with van der Waals surface area (Å²) in [6, 6.07) is 10.8. The predicted octanol–water partition coefficient (Wildman–Crippen LogP) is 1.32. The molecular weight excluding hydrogens is 205 g/mol. The lowest BCUT2D eigenvalue weighted by atomic mass is 10.4. The first-order chi connectivity index (χ1) is 7.45. The number of nitrogens with zero attached hydrogens (tertiary/aromatic N) is 1. The Hall–Kier alpha value is -0.430. The van der Waals surface area contributed by atoms with Gasteiger partial charge in [-0.25, -0.2) is 0 Å². The van der Waals surface area contributed by atoms with Crippen LogP contribution < -0.4 is 5.30 Å². The average molecular weight is 223 g/mol. The molecule has 0 bridgehead atoms. The van der Waals surface area contributed by atoms with Crippen molar-refractivity contribution >= 4 is 13.9 Å². The van der Waals surface area contributed by atoms with Crippen molar-refractivity contribution in [2.45, 2.75) is 0 Å². The largest absolute Gasteiger partial charge is 0.379 e. The standard InChI is InChI=1S/C12H18NOP/c1-2-4-12(5-3-1)15-11-8-13-6-9-14-10-7-13/h1-5,15H,6-11H2. The van der Waals surface area contributed by atoms with Gasteiger partial charge in [-0.05, 0) is 11.5 Å². The number of rotatable bonds is 4. The molecule has 0 spiro atoms. The Morgan fingerprint density at radius 2 is 1.87 bits per heavy atom. The van der Waals surface area contributed by atoms with Crippen molar-refractivity contribution in [1.29, 1.82) is 0 Å². The summed E-state index contributed by atoms with van der Waals surface area (Å²) in [6.07, 6.45) is 1.28. The molecule has 0 amide bonds. The highest BCUT2D eigenvalue weighted by atomic mass is 31.1. The van der Waals surface area contributed by atoms with E-state index >= 15 is 0 Å². The summed E-state index contributed by atoms with van der Waals surface area (Å²) < 4.78 is 5.32. The van der Waals surface area contributed by atoms with Crippen LogP contribution in [0.2, 0.25) is 0 Å². The lowest BCUT2D eigenvalue weighted by molar-refractivity contribution is 0.0409. The molecule has 3 heteroatoms. The average Bonchev–Trinajstić information content (AvgIpc) is 2.32. The van der Waals surface area contributed by atoms with Crippen LogP contribution in [-0.4, -0.2) is 43.9 Å². The summed E-state index contributed by atoms with van der Waals surface area (Å²) in [5.41, 5.74) is 0. The smallest absolute Gasteiger partial charge is 0.0594 e. The van der Waals surface area contributed by atoms with Crippen molar-refractivity contribution in [3.05, 3.63) is 30.3 Å². The number of hydrogen-bond acceptors (Lipinski definition) is 2. The van der Waals surface area contributed by atoms with Crippen LogP contribution in [0.4, 0.5) is 0 Å². The maximum absolute atomic E-state index is 5.32. The van der Waals surface area contributed by atoms with Gasteiger partial charge in [0.1, 0.15) is 0 Å². The van der Waals surface area contributed by atoms with Gasteiger partial charge in [0.2, 0.25) is 0 Å². The maximum atomic E-state index is 5.32. The van der Waals surface area contributed by atoms with Gasteiger partial charge in [0.25, 0.3) is 0 Å². The topological polar surface area (TPSA) is 12.5 Å².